The van der Waals surface area contributed by atoms with Gasteiger partial charge in [0.25, 0.3) is 0 Å². The minimum absolute atomic E-state index is 0.172. The monoisotopic (exact) mass is 545 g/mol. The molecule has 1 unspecified atom stereocenters. The van der Waals surface area contributed by atoms with Gasteiger partial charge in [0, 0.05) is 49.6 Å². The maximum Gasteiger partial charge on any atom is 0.573 e. The summed E-state index contributed by atoms with van der Waals surface area (Å²) >= 11 is 0. The Labute approximate surface area is 223 Å². The Bertz CT molecular complexity index is 1440. The smallest absolute Gasteiger partial charge is 0.493 e. The first-order valence-electron chi connectivity index (χ1n) is 12.4. The van der Waals surface area contributed by atoms with Crippen LogP contribution in [0.1, 0.15) is 49.2 Å². The van der Waals surface area contributed by atoms with Crippen LogP contribution in [0.3, 0.4) is 0 Å². The van der Waals surface area contributed by atoms with E-state index in [4.69, 9.17) is 9.47 Å². The van der Waals surface area contributed by atoms with Crippen molar-refractivity contribution in [1.82, 2.24) is 4.57 Å². The molecule has 0 radical (unpaired) electrons. The normalized spacial score (nSPS) is 14.9. The van der Waals surface area contributed by atoms with Crippen molar-refractivity contribution in [2.24, 2.45) is 5.41 Å². The summed E-state index contributed by atoms with van der Waals surface area (Å²) in [5.41, 5.74) is 1.77. The summed E-state index contributed by atoms with van der Waals surface area (Å²) in [5.74, 6) is -1.21. The van der Waals surface area contributed by atoms with Gasteiger partial charge in [-0.2, -0.15) is 0 Å². The third-order valence-electron chi connectivity index (χ3n) is 6.67. The van der Waals surface area contributed by atoms with E-state index in [1.54, 1.807) is 19.2 Å². The van der Waals surface area contributed by atoms with Gasteiger partial charge in [0.15, 0.2) is 5.43 Å². The Balaban J connectivity index is 1.92. The highest BCUT2D eigenvalue weighted by molar-refractivity contribution is 5.88. The molecule has 1 aromatic heterocycles. The highest BCUT2D eigenvalue weighted by Gasteiger charge is 2.35. The molecule has 0 aliphatic carbocycles. The molecule has 1 aliphatic rings. The average molecular weight is 546 g/mol. The lowest BCUT2D eigenvalue weighted by molar-refractivity contribution is -0.274. The molecule has 7 nitrogen and oxygen atoms in total. The zero-order valence-corrected chi connectivity index (χ0v) is 22.1. The molecule has 1 N–H and O–H groups in total. The molecular weight excluding hydrogens is 515 g/mol. The summed E-state index contributed by atoms with van der Waals surface area (Å²) in [6, 6.07) is 10.4. The molecule has 39 heavy (non-hydrogen) atoms. The van der Waals surface area contributed by atoms with E-state index < -0.39 is 17.8 Å². The van der Waals surface area contributed by atoms with Gasteiger partial charge in [0.1, 0.15) is 17.1 Å². The second-order valence-corrected chi connectivity index (χ2v) is 10.5. The Kier molecular flexibility index (Phi) is 7.79. The topological polar surface area (TPSA) is 87.0 Å². The van der Waals surface area contributed by atoms with E-state index in [1.807, 2.05) is 31.4 Å². The van der Waals surface area contributed by atoms with Crippen LogP contribution in [0.25, 0.3) is 22.4 Å². The first kappa shape index (κ1) is 28.2. The van der Waals surface area contributed by atoms with Gasteiger partial charge in [0.2, 0.25) is 0 Å². The largest absolute Gasteiger partial charge is 0.573 e. The summed E-state index contributed by atoms with van der Waals surface area (Å²) in [5, 5.41) is 9.58. The fourth-order valence-electron chi connectivity index (χ4n) is 4.83. The molecule has 0 saturated carbocycles. The number of rotatable bonds is 8. The van der Waals surface area contributed by atoms with Crippen LogP contribution >= 0.6 is 0 Å². The minimum atomic E-state index is -4.85. The van der Waals surface area contributed by atoms with Gasteiger partial charge < -0.3 is 23.9 Å². The predicted octanol–water partition coefficient (Wildman–Crippen LogP) is 6.34. The molecule has 10 heteroatoms. The number of carboxylic acid groups (broad SMARTS) is 1. The molecule has 0 bridgehead atoms. The van der Waals surface area contributed by atoms with E-state index in [-0.39, 0.29) is 22.8 Å². The average Bonchev–Trinajstić information content (AvgIpc) is 2.83. The fraction of sp³-hybridized carbons (Fsp3) is 0.379. The Morgan fingerprint density at radius 2 is 1.82 bits per heavy atom. The van der Waals surface area contributed by atoms with Gasteiger partial charge >= 0.3 is 12.3 Å². The third kappa shape index (κ3) is 6.27. The second-order valence-electron chi connectivity index (χ2n) is 10.5. The highest BCUT2D eigenvalue weighted by atomic mass is 19.4. The Hall–Kier alpha value is -3.79. The number of hydrogen-bond donors (Lipinski definition) is 1. The first-order valence-corrected chi connectivity index (χ1v) is 12.4. The number of ether oxygens (including phenoxy) is 3. The summed E-state index contributed by atoms with van der Waals surface area (Å²) in [6.45, 7) is 6.90. The number of benzene rings is 2. The predicted molar refractivity (Wildman–Crippen MR) is 139 cm³/mol. The van der Waals surface area contributed by atoms with Crippen LogP contribution in [-0.2, 0) is 11.2 Å². The maximum atomic E-state index is 12.9. The zero-order valence-electron chi connectivity index (χ0n) is 22.1. The Morgan fingerprint density at radius 1 is 1.08 bits per heavy atom. The maximum absolute atomic E-state index is 12.9. The van der Waals surface area contributed by atoms with Crippen molar-refractivity contribution in [3.05, 3.63) is 70.0 Å². The van der Waals surface area contributed by atoms with Gasteiger partial charge in [-0.25, -0.2) is 4.79 Å². The second kappa shape index (κ2) is 10.8. The summed E-state index contributed by atoms with van der Waals surface area (Å²) < 4.78 is 55.9. The van der Waals surface area contributed by atoms with Crippen LogP contribution in [0.15, 0.2) is 53.5 Å². The number of carboxylic acids is 1. The number of methoxy groups -OCH3 is 1. The lowest BCUT2D eigenvalue weighted by atomic mass is 9.78. The molecule has 0 spiro atoms. The van der Waals surface area contributed by atoms with Gasteiger partial charge in [-0.1, -0.05) is 32.9 Å². The van der Waals surface area contributed by atoms with Crippen LogP contribution in [0.4, 0.5) is 13.2 Å². The molecule has 0 amide bonds. The van der Waals surface area contributed by atoms with Crippen LogP contribution in [0, 0.1) is 5.41 Å². The van der Waals surface area contributed by atoms with Crippen LogP contribution in [0.5, 0.6) is 11.5 Å². The number of halogens is 3. The molecule has 1 aliphatic heterocycles. The lowest BCUT2D eigenvalue weighted by Gasteiger charge is -2.39. The quantitative estimate of drug-likeness (QED) is 0.333. The highest BCUT2D eigenvalue weighted by Crippen LogP contribution is 2.46. The molecule has 2 heterocycles. The summed E-state index contributed by atoms with van der Waals surface area (Å²) in [4.78, 5) is 24.5. The number of hydrogen-bond acceptors (Lipinski definition) is 5. The lowest BCUT2D eigenvalue weighted by Crippen LogP contribution is -2.32. The molecule has 1 atom stereocenters. The van der Waals surface area contributed by atoms with E-state index in [9.17, 15) is 27.9 Å². The van der Waals surface area contributed by atoms with E-state index in [0.717, 1.165) is 5.56 Å². The number of alkyl halides is 3. The minimum Gasteiger partial charge on any atom is -0.493 e. The van der Waals surface area contributed by atoms with Gasteiger partial charge in [-0.05, 0) is 47.2 Å². The van der Waals surface area contributed by atoms with Crippen molar-refractivity contribution in [1.29, 1.82) is 0 Å². The Morgan fingerprint density at radius 3 is 2.46 bits per heavy atom. The van der Waals surface area contributed by atoms with E-state index in [0.29, 0.717) is 54.2 Å². The fourth-order valence-corrected chi connectivity index (χ4v) is 4.83. The zero-order chi connectivity index (χ0) is 28.5. The summed E-state index contributed by atoms with van der Waals surface area (Å²) in [7, 11) is 1.58. The van der Waals surface area contributed by atoms with Crippen molar-refractivity contribution in [2.45, 2.75) is 46.0 Å². The van der Waals surface area contributed by atoms with Gasteiger partial charge in [0.05, 0.1) is 12.3 Å². The van der Waals surface area contributed by atoms with Crippen molar-refractivity contribution in [3.8, 4) is 33.9 Å². The third-order valence-corrected chi connectivity index (χ3v) is 6.67. The van der Waals surface area contributed by atoms with Crippen LogP contribution < -0.4 is 14.9 Å². The van der Waals surface area contributed by atoms with E-state index >= 15 is 0 Å². The molecule has 4 rings (SSSR count). The van der Waals surface area contributed by atoms with E-state index in [1.165, 1.54) is 30.5 Å². The van der Waals surface area contributed by atoms with Crippen molar-refractivity contribution in [3.63, 3.8) is 0 Å². The number of aromatic carboxylic acids is 1. The van der Waals surface area contributed by atoms with E-state index in [2.05, 4.69) is 4.74 Å². The number of pyridine rings is 1. The van der Waals surface area contributed by atoms with Crippen LogP contribution in [0.2, 0.25) is 0 Å². The number of aromatic nitrogens is 1. The van der Waals surface area contributed by atoms with Crippen molar-refractivity contribution < 1.29 is 37.3 Å². The molecular formula is C29H30F3NO6. The first-order chi connectivity index (χ1) is 18.3. The van der Waals surface area contributed by atoms with Crippen molar-refractivity contribution >= 4 is 5.97 Å². The SMILES string of the molecule is COCCCOc1cc2c(cc1-c1cccc(OC(F)(F)F)c1)-c1cc(=O)c(C(=O)O)cn1C(C(C)(C)C)C2. The molecule has 0 saturated heterocycles. The molecule has 0 fully saturated rings. The van der Waals surface area contributed by atoms with Crippen LogP contribution in [-0.4, -0.2) is 42.3 Å². The molecule has 208 valence electrons. The molecule has 2 aromatic carbocycles. The number of carbonyl (C=O) groups is 1. The number of fused-ring (bicyclic) bond motifs is 3. The number of nitrogens with zero attached hydrogens (tertiary/aromatic N) is 1. The van der Waals surface area contributed by atoms with Gasteiger partial charge in [-0.3, -0.25) is 4.79 Å². The molecule has 3 aromatic rings. The summed E-state index contributed by atoms with van der Waals surface area (Å²) in [6.07, 6.45) is -2.34. The van der Waals surface area contributed by atoms with Gasteiger partial charge in [-0.15, -0.1) is 13.2 Å². The van der Waals surface area contributed by atoms with Crippen molar-refractivity contribution in [2.75, 3.05) is 20.3 Å². The standard InChI is InChI=1S/C29H30F3NO6/c1-28(2,3)26-13-18-12-25(38-10-6-9-37-4)21(17-7-5-8-19(11-17)39-29(30,31)32)14-20(18)23-15-24(34)22(27(35)36)16-33(23)26/h5,7-8,11-12,14-16,26H,6,9-10,13H2,1-4H3,(H,35,36).